The lowest BCUT2D eigenvalue weighted by Gasteiger charge is -2.26. The van der Waals surface area contributed by atoms with E-state index in [1.54, 1.807) is 0 Å². The third kappa shape index (κ3) is 11.0. The first-order valence-corrected chi connectivity index (χ1v) is 27.5. The fourth-order valence-corrected chi connectivity index (χ4v) is 13.0. The summed E-state index contributed by atoms with van der Waals surface area (Å²) in [7, 11) is -19.7. The number of nitrogens with zero attached hydrogens (tertiary/aromatic N) is 10. The van der Waals surface area contributed by atoms with Gasteiger partial charge >= 0.3 is 36.9 Å². The van der Waals surface area contributed by atoms with E-state index in [0.717, 1.165) is 37.8 Å². The molecule has 16 atom stereocenters. The molecule has 0 radical (unpaired) electrons. The molecule has 6 aromatic heterocycles. The highest BCUT2D eigenvalue weighted by atomic mass is 31.3. The Balaban J connectivity index is 0.866. The number of phosphoric acid groups is 4. The molecule has 3 aliphatic rings. The number of phosphoric ester groups is 3. The molecular formula is C33H46N15O24P4+. The van der Waals surface area contributed by atoms with Crippen LogP contribution in [0.1, 0.15) is 18.7 Å². The van der Waals surface area contributed by atoms with Crippen molar-refractivity contribution >= 4 is 82.5 Å². The molecule has 3 saturated heterocycles. The van der Waals surface area contributed by atoms with Crippen LogP contribution in [0.25, 0.3) is 33.5 Å². The third-order valence-corrected chi connectivity index (χ3v) is 17.0. The summed E-state index contributed by atoms with van der Waals surface area (Å²) in [6.45, 7) is -3.25. The van der Waals surface area contributed by atoms with Crippen LogP contribution in [0.2, 0.25) is 0 Å². The van der Waals surface area contributed by atoms with Gasteiger partial charge in [-0.1, -0.05) is 4.98 Å². The summed E-state index contributed by atoms with van der Waals surface area (Å²) in [5.41, 5.74) is 15.6. The highest BCUT2D eigenvalue weighted by Gasteiger charge is 2.54. The molecule has 416 valence electrons. The Bertz CT molecular complexity index is 3490. The smallest absolute Gasteiger partial charge is 0.387 e. The number of aromatic nitrogens is 12. The maximum atomic E-state index is 13.7. The fraction of sp³-hybridized carbons (Fsp3) is 0.545. The van der Waals surface area contributed by atoms with Crippen LogP contribution in [-0.4, -0.2) is 177 Å². The highest BCUT2D eigenvalue weighted by Crippen LogP contribution is 2.68. The predicted octanol–water partition coefficient (Wildman–Crippen LogP) is -4.06. The molecule has 0 aromatic carbocycles. The normalized spacial score (nSPS) is 30.2. The fourth-order valence-electron chi connectivity index (χ4n) is 8.57. The molecule has 43 heteroatoms. The summed E-state index contributed by atoms with van der Waals surface area (Å²) in [5.74, 6) is -0.671. The zero-order valence-corrected chi connectivity index (χ0v) is 42.5. The third-order valence-electron chi connectivity index (χ3n) is 11.8. The topological polar surface area (TPSA) is 551 Å². The minimum absolute atomic E-state index is 0.0137. The first-order chi connectivity index (χ1) is 35.7. The van der Waals surface area contributed by atoms with Gasteiger partial charge < -0.3 is 75.8 Å². The standard InChI is InChI=1S/C33H45N15O24P4/c1-45-10-48(26-16(45)28(53)44-33(36)42-26)30-19(51)20(62-2)12(68-30)5-65-74(56,57)71-76(60,61)72-75(58,59)66-6-13-21(22(63-3)31(69-13)46-8-39-14-23(34)37-7-38-24(14)46)70-73(54,55)64-4-11-17(49)18(50)29(67-11)47-9-40-15-25(47)41-32(35)43-27(15)52/h7-13,17-22,29-31,49-51H,4-6H2,1-3H3,(H11-,34,35,36,37,38,41,42,43,44,52,53,54,55,56,57,58,59,60,61)/p+1/t11-,12-,13-,17-,18-,19-,20-,21-,22-,29-,30-,31-/m1/s1. The van der Waals surface area contributed by atoms with E-state index < -0.39 is 136 Å². The van der Waals surface area contributed by atoms with Gasteiger partial charge in [0, 0.05) is 14.2 Å². The molecule has 0 bridgehead atoms. The number of methoxy groups -OCH3 is 2. The first kappa shape index (κ1) is 55.6. The van der Waals surface area contributed by atoms with Crippen molar-refractivity contribution in [2.75, 3.05) is 51.2 Å². The molecule has 0 amide bonds. The average molecular weight is 1160 g/mol. The summed E-state index contributed by atoms with van der Waals surface area (Å²) in [4.78, 5) is 96.1. The number of hydrogen-bond acceptors (Lipinski definition) is 29. The Kier molecular flexibility index (Phi) is 15.3. The summed E-state index contributed by atoms with van der Waals surface area (Å²) in [6.07, 6.45) is -14.5. The number of hydrogen-bond donors (Lipinski definition) is 12. The lowest BCUT2D eigenvalue weighted by Crippen LogP contribution is -2.46. The van der Waals surface area contributed by atoms with Crippen molar-refractivity contribution in [3.63, 3.8) is 0 Å². The van der Waals surface area contributed by atoms with Crippen LogP contribution in [0.4, 0.5) is 17.7 Å². The number of anilines is 3. The second kappa shape index (κ2) is 20.9. The number of ether oxygens (including phenoxy) is 5. The Morgan fingerprint density at radius 2 is 1.22 bits per heavy atom. The number of fused-ring (bicyclic) bond motifs is 3. The summed E-state index contributed by atoms with van der Waals surface area (Å²) in [5, 5.41) is 32.8. The minimum atomic E-state index is -6.18. The van der Waals surface area contributed by atoms with Gasteiger partial charge in [0.25, 0.3) is 17.1 Å². The van der Waals surface area contributed by atoms with Crippen molar-refractivity contribution in [1.82, 2.24) is 53.6 Å². The van der Waals surface area contributed by atoms with Crippen molar-refractivity contribution in [3.05, 3.63) is 46.0 Å². The van der Waals surface area contributed by atoms with Gasteiger partial charge in [0.15, 0.2) is 41.4 Å². The Morgan fingerprint density at radius 1 is 0.658 bits per heavy atom. The van der Waals surface area contributed by atoms with E-state index in [1.165, 1.54) is 27.1 Å². The van der Waals surface area contributed by atoms with E-state index in [4.69, 9.17) is 59.0 Å². The van der Waals surface area contributed by atoms with Gasteiger partial charge in [0.1, 0.15) is 66.8 Å². The first-order valence-electron chi connectivity index (χ1n) is 21.5. The largest absolute Gasteiger partial charge is 0.490 e. The molecular weight excluding hydrogens is 1110 g/mol. The van der Waals surface area contributed by atoms with Crippen LogP contribution in [0.15, 0.2) is 34.9 Å². The highest BCUT2D eigenvalue weighted by molar-refractivity contribution is 7.66. The maximum absolute atomic E-state index is 13.7. The Hall–Kier alpha value is -5.15. The average Bonchev–Trinajstić information content (AvgIpc) is 4.18. The van der Waals surface area contributed by atoms with Gasteiger partial charge in [-0.2, -0.15) is 13.6 Å². The maximum Gasteiger partial charge on any atom is 0.490 e. The molecule has 76 heavy (non-hydrogen) atoms. The number of aliphatic hydroxyl groups excluding tert-OH is 3. The van der Waals surface area contributed by atoms with E-state index in [0.29, 0.717) is 0 Å². The molecule has 0 spiro atoms. The molecule has 15 N–H and O–H groups in total. The second-order valence-electron chi connectivity index (χ2n) is 16.7. The van der Waals surface area contributed by atoms with Crippen LogP contribution >= 0.6 is 31.3 Å². The van der Waals surface area contributed by atoms with E-state index >= 15 is 0 Å². The number of aryl methyl sites for hydroxylation is 1. The van der Waals surface area contributed by atoms with E-state index in [2.05, 4.69) is 48.5 Å². The Labute approximate surface area is 421 Å². The van der Waals surface area contributed by atoms with Crippen molar-refractivity contribution in [3.8, 4) is 0 Å². The van der Waals surface area contributed by atoms with Crippen molar-refractivity contribution < 1.29 is 108 Å². The van der Waals surface area contributed by atoms with E-state index in [1.807, 2.05) is 0 Å². The minimum Gasteiger partial charge on any atom is -0.387 e. The lowest BCUT2D eigenvalue weighted by atomic mass is 10.1. The van der Waals surface area contributed by atoms with Gasteiger partial charge in [-0.3, -0.25) is 51.4 Å². The second-order valence-corrected chi connectivity index (χ2v) is 22.7. The van der Waals surface area contributed by atoms with Gasteiger partial charge in [-0.05, 0) is 0 Å². The SMILES string of the molecule is CO[C@@H]1[C@H](OP(=O)(O)OC[C@H]2O[C@@H](n3cnc4c(=O)[nH]c(N)nc43)[C@H](O)[C@@H]2O)[C@@H](COP(=O)(O)OP(=O)(O)OP(=O)(O)OC[C@H]2O[C@@H]([n+]3cn(C)c4c(=O)[nH]c(N)nc43)[C@H](O)[C@@H]2OC)O[C@H]1n1cnc2c(N)ncnc21. The summed E-state index contributed by atoms with van der Waals surface area (Å²) < 4.78 is 115. The zero-order valence-electron chi connectivity index (χ0n) is 38.9. The predicted molar refractivity (Wildman–Crippen MR) is 244 cm³/mol. The van der Waals surface area contributed by atoms with E-state index in [9.17, 15) is 62.7 Å². The number of nitrogens with one attached hydrogen (secondary N) is 2. The molecule has 0 aliphatic carbocycles. The van der Waals surface area contributed by atoms with Crippen molar-refractivity contribution in [1.29, 1.82) is 0 Å². The number of aromatic amines is 2. The van der Waals surface area contributed by atoms with Gasteiger partial charge in [0.05, 0.1) is 39.5 Å². The molecule has 3 aliphatic heterocycles. The van der Waals surface area contributed by atoms with Crippen molar-refractivity contribution in [2.45, 2.75) is 73.6 Å². The van der Waals surface area contributed by atoms with Crippen LogP contribution in [0, 0.1) is 0 Å². The molecule has 0 saturated carbocycles. The number of nitrogens with two attached hydrogens (primary N) is 3. The monoisotopic (exact) mass is 1160 g/mol. The number of nitrogen functional groups attached to an aromatic ring is 3. The molecule has 9 heterocycles. The number of H-pyrrole nitrogens is 2. The van der Waals surface area contributed by atoms with Crippen LogP contribution < -0.4 is 32.9 Å². The van der Waals surface area contributed by atoms with Crippen LogP contribution in [-0.2, 0) is 75.7 Å². The molecule has 4 unspecified atom stereocenters. The zero-order chi connectivity index (χ0) is 55.0. The van der Waals surface area contributed by atoms with Crippen LogP contribution in [0.5, 0.6) is 0 Å². The van der Waals surface area contributed by atoms with Crippen molar-refractivity contribution in [2.24, 2.45) is 7.05 Å². The van der Waals surface area contributed by atoms with Gasteiger partial charge in [0.2, 0.25) is 17.7 Å². The number of rotatable bonds is 20. The quantitative estimate of drug-likeness (QED) is 0.0256. The molecule has 9 rings (SSSR count). The lowest BCUT2D eigenvalue weighted by molar-refractivity contribution is -0.745. The molecule has 3 fully saturated rings. The van der Waals surface area contributed by atoms with Gasteiger partial charge in [-0.15, -0.1) is 0 Å². The molecule has 39 nitrogen and oxygen atoms in total. The summed E-state index contributed by atoms with van der Waals surface area (Å²) in [6, 6.07) is 0. The Morgan fingerprint density at radius 3 is 1.88 bits per heavy atom. The number of imidazole rings is 3. The van der Waals surface area contributed by atoms with Gasteiger partial charge in [-0.25, -0.2) is 42.8 Å². The molecule has 6 aromatic rings. The summed E-state index contributed by atoms with van der Waals surface area (Å²) >= 11 is 0. The van der Waals surface area contributed by atoms with E-state index in [-0.39, 0.29) is 51.2 Å². The number of aliphatic hydroxyl groups is 3. The van der Waals surface area contributed by atoms with Crippen LogP contribution in [0.3, 0.4) is 0 Å².